The molecule has 3 aromatic heterocycles. The Morgan fingerprint density at radius 1 is 1.00 bits per heavy atom. The zero-order valence-corrected chi connectivity index (χ0v) is 17.7. The fourth-order valence-electron chi connectivity index (χ4n) is 4.42. The Morgan fingerprint density at radius 2 is 1.81 bits per heavy atom. The van der Waals surface area contributed by atoms with Crippen LogP contribution in [0.15, 0.2) is 54.1 Å². The van der Waals surface area contributed by atoms with Gasteiger partial charge in [-0.15, -0.1) is 0 Å². The summed E-state index contributed by atoms with van der Waals surface area (Å²) < 4.78 is 1.74. The zero-order valence-electron chi connectivity index (χ0n) is 17.7. The van der Waals surface area contributed by atoms with E-state index in [4.69, 9.17) is 0 Å². The minimum Gasteiger partial charge on any atom is -0.299 e. The van der Waals surface area contributed by atoms with Crippen molar-refractivity contribution < 1.29 is 0 Å². The molecule has 0 bridgehead atoms. The maximum absolute atomic E-state index is 12.6. The minimum absolute atomic E-state index is 0.0000149. The highest BCUT2D eigenvalue weighted by atomic mass is 16.1. The summed E-state index contributed by atoms with van der Waals surface area (Å²) >= 11 is 0. The third kappa shape index (κ3) is 4.71. The van der Waals surface area contributed by atoms with E-state index in [0.717, 1.165) is 50.4 Å². The van der Waals surface area contributed by atoms with Gasteiger partial charge in [0.25, 0.3) is 5.56 Å². The van der Waals surface area contributed by atoms with Crippen LogP contribution in [0.5, 0.6) is 0 Å². The average Bonchev–Trinajstić information content (AvgIpc) is 2.77. The van der Waals surface area contributed by atoms with Crippen LogP contribution in [0.2, 0.25) is 0 Å². The number of hydrogen-bond acceptors (Lipinski definition) is 6. The van der Waals surface area contributed by atoms with Crippen molar-refractivity contribution >= 4 is 0 Å². The molecule has 0 amide bonds. The highest BCUT2D eigenvalue weighted by Gasteiger charge is 2.23. The van der Waals surface area contributed by atoms with Gasteiger partial charge in [-0.3, -0.25) is 19.2 Å². The molecule has 0 atom stereocenters. The molecule has 7 heteroatoms. The number of nitrogens with zero attached hydrogens (tertiary/aromatic N) is 6. The number of likely N-dealkylation sites (tertiary alicyclic amines) is 1. The third-order valence-corrected chi connectivity index (χ3v) is 6.60. The maximum Gasteiger partial charge on any atom is 0.253 e. The van der Waals surface area contributed by atoms with Crippen LogP contribution < -0.4 is 5.56 Å². The summed E-state index contributed by atoms with van der Waals surface area (Å²) in [5.74, 6) is 2.10. The predicted molar refractivity (Wildman–Crippen MR) is 118 cm³/mol. The number of hydrogen-bond donors (Lipinski definition) is 0. The lowest BCUT2D eigenvalue weighted by atomic mass is 9.85. The lowest BCUT2D eigenvalue weighted by Gasteiger charge is -2.32. The van der Waals surface area contributed by atoms with E-state index in [2.05, 4.69) is 24.8 Å². The van der Waals surface area contributed by atoms with Crippen LogP contribution in [-0.4, -0.2) is 42.5 Å². The van der Waals surface area contributed by atoms with E-state index in [1.807, 2.05) is 24.5 Å². The van der Waals surface area contributed by atoms with Gasteiger partial charge in [0.15, 0.2) is 0 Å². The van der Waals surface area contributed by atoms with Gasteiger partial charge >= 0.3 is 0 Å². The fourth-order valence-corrected chi connectivity index (χ4v) is 4.42. The molecule has 1 saturated carbocycles. The summed E-state index contributed by atoms with van der Waals surface area (Å²) in [6.45, 7) is 3.70. The van der Waals surface area contributed by atoms with Crippen LogP contribution in [0.3, 0.4) is 0 Å². The molecule has 3 aromatic rings. The molecule has 0 spiro atoms. The van der Waals surface area contributed by atoms with Gasteiger partial charge in [-0.05, 0) is 56.8 Å². The first kappa shape index (κ1) is 20.0. The first-order valence-electron chi connectivity index (χ1n) is 11.2. The van der Waals surface area contributed by atoms with E-state index in [9.17, 15) is 4.79 Å². The SMILES string of the molecule is O=c1cc(-c2cccnc2)ncn1CC1CCN(Cc2cnc(C3CCC3)nc2)CC1. The molecule has 7 nitrogen and oxygen atoms in total. The molecule has 0 aromatic carbocycles. The van der Waals surface area contributed by atoms with Crippen LogP contribution in [0.25, 0.3) is 11.3 Å². The van der Waals surface area contributed by atoms with Crippen LogP contribution in [-0.2, 0) is 13.1 Å². The van der Waals surface area contributed by atoms with E-state index in [1.54, 1.807) is 29.4 Å². The largest absolute Gasteiger partial charge is 0.299 e. The Balaban J connectivity index is 1.13. The Morgan fingerprint density at radius 3 is 2.45 bits per heavy atom. The molecule has 2 aliphatic rings. The van der Waals surface area contributed by atoms with Crippen molar-refractivity contribution in [2.75, 3.05) is 13.1 Å². The second kappa shape index (κ2) is 9.06. The minimum atomic E-state index is -0.0000149. The zero-order chi connectivity index (χ0) is 21.0. The average molecular weight is 417 g/mol. The van der Waals surface area contributed by atoms with Crippen LogP contribution in [0.4, 0.5) is 0 Å². The second-order valence-corrected chi connectivity index (χ2v) is 8.80. The van der Waals surface area contributed by atoms with Crippen molar-refractivity contribution in [1.29, 1.82) is 0 Å². The van der Waals surface area contributed by atoms with Crippen LogP contribution in [0.1, 0.15) is 49.4 Å². The number of pyridine rings is 1. The summed E-state index contributed by atoms with van der Waals surface area (Å²) in [6, 6.07) is 5.38. The van der Waals surface area contributed by atoms with Gasteiger partial charge in [-0.1, -0.05) is 6.42 Å². The van der Waals surface area contributed by atoms with Crippen molar-refractivity contribution in [3.05, 3.63) is 71.1 Å². The molecule has 1 saturated heterocycles. The fraction of sp³-hybridized carbons (Fsp3) is 0.458. The molecule has 0 radical (unpaired) electrons. The quantitative estimate of drug-likeness (QED) is 0.614. The normalized spacial score (nSPS) is 18.1. The van der Waals surface area contributed by atoms with Gasteiger partial charge in [0.1, 0.15) is 5.82 Å². The van der Waals surface area contributed by atoms with Gasteiger partial charge in [0, 0.05) is 61.0 Å². The molecule has 160 valence electrons. The maximum atomic E-state index is 12.6. The number of aromatic nitrogens is 5. The lowest BCUT2D eigenvalue weighted by Crippen LogP contribution is -2.36. The van der Waals surface area contributed by atoms with E-state index < -0.39 is 0 Å². The number of piperidine rings is 1. The van der Waals surface area contributed by atoms with E-state index in [0.29, 0.717) is 17.5 Å². The summed E-state index contributed by atoms with van der Waals surface area (Å²) in [6.07, 6.45) is 15.1. The van der Waals surface area contributed by atoms with Crippen molar-refractivity contribution in [3.8, 4) is 11.3 Å². The van der Waals surface area contributed by atoms with Gasteiger partial charge in [-0.25, -0.2) is 15.0 Å². The van der Waals surface area contributed by atoms with E-state index in [1.165, 1.54) is 24.8 Å². The van der Waals surface area contributed by atoms with E-state index in [-0.39, 0.29) is 5.56 Å². The number of rotatable bonds is 6. The molecule has 31 heavy (non-hydrogen) atoms. The standard InChI is InChI=1S/C24H28N6O/c31-23-11-22(21-5-2-8-25-14-21)28-17-30(23)16-18-6-9-29(10-7-18)15-19-12-26-24(27-13-19)20-3-1-4-20/h2,5,8,11-14,17-18,20H,1,3-4,6-7,9-10,15-16H2. The summed E-state index contributed by atoms with van der Waals surface area (Å²) in [7, 11) is 0. The van der Waals surface area contributed by atoms with Gasteiger partial charge in [0.2, 0.25) is 0 Å². The molecule has 4 heterocycles. The van der Waals surface area contributed by atoms with Crippen molar-refractivity contribution in [3.63, 3.8) is 0 Å². The van der Waals surface area contributed by atoms with Gasteiger partial charge in [0.05, 0.1) is 12.0 Å². The first-order chi connectivity index (χ1) is 15.2. The summed E-state index contributed by atoms with van der Waals surface area (Å²) in [5, 5.41) is 0. The van der Waals surface area contributed by atoms with Crippen LogP contribution in [0, 0.1) is 5.92 Å². The second-order valence-electron chi connectivity index (χ2n) is 8.80. The smallest absolute Gasteiger partial charge is 0.253 e. The lowest BCUT2D eigenvalue weighted by molar-refractivity contribution is 0.166. The monoisotopic (exact) mass is 416 g/mol. The highest BCUT2D eigenvalue weighted by Crippen LogP contribution is 2.34. The van der Waals surface area contributed by atoms with Crippen LogP contribution >= 0.6 is 0 Å². The molecule has 0 unspecified atom stereocenters. The summed E-state index contributed by atoms with van der Waals surface area (Å²) in [5.41, 5.74) is 2.73. The van der Waals surface area contributed by atoms with Gasteiger partial charge < -0.3 is 0 Å². The molecule has 1 aliphatic carbocycles. The molecular formula is C24H28N6O. The van der Waals surface area contributed by atoms with Crippen molar-refractivity contribution in [2.45, 2.75) is 51.1 Å². The third-order valence-electron chi connectivity index (χ3n) is 6.60. The highest BCUT2D eigenvalue weighted by molar-refractivity contribution is 5.56. The first-order valence-corrected chi connectivity index (χ1v) is 11.2. The Bertz CT molecular complexity index is 1050. The molecule has 0 N–H and O–H groups in total. The molecule has 1 aliphatic heterocycles. The molecular weight excluding hydrogens is 388 g/mol. The van der Waals surface area contributed by atoms with Crippen molar-refractivity contribution in [2.24, 2.45) is 5.92 Å². The summed E-state index contributed by atoms with van der Waals surface area (Å²) in [4.78, 5) is 32.8. The van der Waals surface area contributed by atoms with Gasteiger partial charge in [-0.2, -0.15) is 0 Å². The Kier molecular flexibility index (Phi) is 5.84. The topological polar surface area (TPSA) is 76.8 Å². The van der Waals surface area contributed by atoms with E-state index >= 15 is 0 Å². The molecule has 5 rings (SSSR count). The molecule has 2 fully saturated rings. The Labute approximate surface area is 182 Å². The Hall–Kier alpha value is -2.93. The van der Waals surface area contributed by atoms with Crippen molar-refractivity contribution in [1.82, 2.24) is 29.4 Å². The predicted octanol–water partition coefficient (Wildman–Crippen LogP) is 3.28.